The van der Waals surface area contributed by atoms with Crippen LogP contribution in [0.2, 0.25) is 0 Å². The number of hydrogen-bond donors (Lipinski definition) is 1. The predicted octanol–water partition coefficient (Wildman–Crippen LogP) is 1.13. The summed E-state index contributed by atoms with van der Waals surface area (Å²) in [5.41, 5.74) is -0.523. The fraction of sp³-hybridized carbons (Fsp3) is 0.455. The van der Waals surface area contributed by atoms with E-state index in [1.54, 1.807) is 6.92 Å². The van der Waals surface area contributed by atoms with Crippen molar-refractivity contribution in [2.45, 2.75) is 18.2 Å². The number of benzene rings is 1. The largest absolute Gasteiger partial charge is 0.395 e. The lowest BCUT2D eigenvalue weighted by Crippen LogP contribution is -2.34. The van der Waals surface area contributed by atoms with E-state index < -0.39 is 38.0 Å². The maximum atomic E-state index is 13.8. The Labute approximate surface area is 115 Å². The average Bonchev–Trinajstić information content (AvgIpc) is 2.37. The second kappa shape index (κ2) is 6.73. The van der Waals surface area contributed by atoms with Gasteiger partial charge in [-0.1, -0.05) is 6.92 Å². The quantitative estimate of drug-likeness (QED) is 0.601. The molecular formula is C11H15FN2O5S. The SMILES string of the molecule is CCCN(CCO)S(=O)(=O)c1ccc([N+](=O)[O-])cc1F. The Kier molecular flexibility index (Phi) is 5.54. The van der Waals surface area contributed by atoms with Gasteiger partial charge in [0.05, 0.1) is 17.6 Å². The van der Waals surface area contributed by atoms with E-state index in [4.69, 9.17) is 5.11 Å². The van der Waals surface area contributed by atoms with Crippen molar-refractivity contribution in [3.8, 4) is 0 Å². The number of aliphatic hydroxyl groups is 1. The minimum absolute atomic E-state index is 0.124. The monoisotopic (exact) mass is 306 g/mol. The van der Waals surface area contributed by atoms with Crippen LogP contribution in [-0.2, 0) is 10.0 Å². The van der Waals surface area contributed by atoms with Crippen LogP contribution in [0, 0.1) is 15.9 Å². The standard InChI is InChI=1S/C11H15FN2O5S/c1-2-5-13(6-7-15)20(18,19)11-4-3-9(14(16)17)8-10(11)12/h3-4,8,15H,2,5-7H2,1H3. The summed E-state index contributed by atoms with van der Waals surface area (Å²) < 4.78 is 39.2. The zero-order valence-corrected chi connectivity index (χ0v) is 11.6. The van der Waals surface area contributed by atoms with E-state index in [1.165, 1.54) is 0 Å². The van der Waals surface area contributed by atoms with Crippen LogP contribution in [0.3, 0.4) is 0 Å². The van der Waals surface area contributed by atoms with Gasteiger partial charge < -0.3 is 5.11 Å². The van der Waals surface area contributed by atoms with Gasteiger partial charge in [-0.05, 0) is 12.5 Å². The van der Waals surface area contributed by atoms with Crippen molar-refractivity contribution < 1.29 is 22.8 Å². The summed E-state index contributed by atoms with van der Waals surface area (Å²) in [6, 6.07) is 2.36. The first kappa shape index (κ1) is 16.5. The molecule has 112 valence electrons. The van der Waals surface area contributed by atoms with Crippen LogP contribution in [0.1, 0.15) is 13.3 Å². The highest BCUT2D eigenvalue weighted by atomic mass is 32.2. The minimum atomic E-state index is -4.12. The lowest BCUT2D eigenvalue weighted by atomic mass is 10.3. The van der Waals surface area contributed by atoms with Crippen molar-refractivity contribution in [2.24, 2.45) is 0 Å². The highest BCUT2D eigenvalue weighted by Crippen LogP contribution is 2.23. The van der Waals surface area contributed by atoms with Gasteiger partial charge in [-0.15, -0.1) is 0 Å². The molecule has 0 saturated heterocycles. The predicted molar refractivity (Wildman–Crippen MR) is 69.2 cm³/mol. The second-order valence-electron chi connectivity index (χ2n) is 4.00. The molecule has 0 spiro atoms. The Morgan fingerprint density at radius 3 is 2.50 bits per heavy atom. The summed E-state index contributed by atoms with van der Waals surface area (Å²) in [6.07, 6.45) is 0.494. The molecule has 0 aliphatic carbocycles. The molecule has 0 aliphatic rings. The van der Waals surface area contributed by atoms with Crippen molar-refractivity contribution in [1.82, 2.24) is 4.31 Å². The first-order valence-electron chi connectivity index (χ1n) is 5.89. The van der Waals surface area contributed by atoms with Gasteiger partial charge in [0.2, 0.25) is 10.0 Å². The van der Waals surface area contributed by atoms with E-state index in [2.05, 4.69) is 0 Å². The second-order valence-corrected chi connectivity index (χ2v) is 5.91. The molecule has 0 heterocycles. The molecule has 0 atom stereocenters. The maximum Gasteiger partial charge on any atom is 0.272 e. The van der Waals surface area contributed by atoms with E-state index >= 15 is 0 Å². The number of nitrogens with zero attached hydrogens (tertiary/aromatic N) is 2. The Morgan fingerprint density at radius 2 is 2.05 bits per heavy atom. The summed E-state index contributed by atoms with van der Waals surface area (Å²) >= 11 is 0. The number of nitro groups is 1. The zero-order valence-electron chi connectivity index (χ0n) is 10.8. The van der Waals surface area contributed by atoms with Gasteiger partial charge in [-0.2, -0.15) is 4.31 Å². The van der Waals surface area contributed by atoms with E-state index in [9.17, 15) is 22.9 Å². The molecule has 7 nitrogen and oxygen atoms in total. The van der Waals surface area contributed by atoms with Gasteiger partial charge in [0.15, 0.2) is 0 Å². The third-order valence-corrected chi connectivity index (χ3v) is 4.50. The molecule has 1 aromatic carbocycles. The van der Waals surface area contributed by atoms with Crippen molar-refractivity contribution in [3.05, 3.63) is 34.1 Å². The van der Waals surface area contributed by atoms with E-state index in [0.29, 0.717) is 12.5 Å². The van der Waals surface area contributed by atoms with E-state index in [0.717, 1.165) is 16.4 Å². The Bertz CT molecular complexity index is 584. The number of non-ortho nitro benzene ring substituents is 1. The van der Waals surface area contributed by atoms with Crippen LogP contribution in [0.5, 0.6) is 0 Å². The van der Waals surface area contributed by atoms with Crippen molar-refractivity contribution >= 4 is 15.7 Å². The van der Waals surface area contributed by atoms with Crippen LogP contribution >= 0.6 is 0 Å². The summed E-state index contributed by atoms with van der Waals surface area (Å²) in [7, 11) is -4.12. The first-order valence-corrected chi connectivity index (χ1v) is 7.33. The van der Waals surface area contributed by atoms with Gasteiger partial charge in [-0.3, -0.25) is 10.1 Å². The minimum Gasteiger partial charge on any atom is -0.395 e. The smallest absolute Gasteiger partial charge is 0.272 e. The van der Waals surface area contributed by atoms with Gasteiger partial charge in [-0.25, -0.2) is 12.8 Å². The Hall–Kier alpha value is -1.58. The normalized spacial score (nSPS) is 11.8. The average molecular weight is 306 g/mol. The topological polar surface area (TPSA) is 101 Å². The molecule has 20 heavy (non-hydrogen) atoms. The lowest BCUT2D eigenvalue weighted by Gasteiger charge is -2.20. The molecule has 1 aromatic rings. The summed E-state index contributed by atoms with van der Waals surface area (Å²) in [5, 5.41) is 19.4. The third kappa shape index (κ3) is 3.50. The fourth-order valence-electron chi connectivity index (χ4n) is 1.66. The number of hydrogen-bond acceptors (Lipinski definition) is 5. The maximum absolute atomic E-state index is 13.8. The van der Waals surface area contributed by atoms with Crippen molar-refractivity contribution in [2.75, 3.05) is 19.7 Å². The number of rotatable bonds is 7. The van der Waals surface area contributed by atoms with Crippen LogP contribution in [-0.4, -0.2) is 42.4 Å². The molecule has 1 rings (SSSR count). The Morgan fingerprint density at radius 1 is 1.40 bits per heavy atom. The van der Waals surface area contributed by atoms with Crippen LogP contribution in [0.25, 0.3) is 0 Å². The molecule has 0 fully saturated rings. The first-order chi connectivity index (χ1) is 9.34. The molecule has 0 amide bonds. The van der Waals surface area contributed by atoms with E-state index in [-0.39, 0.29) is 13.1 Å². The van der Waals surface area contributed by atoms with Gasteiger partial charge >= 0.3 is 0 Å². The van der Waals surface area contributed by atoms with E-state index in [1.807, 2.05) is 0 Å². The lowest BCUT2D eigenvalue weighted by molar-refractivity contribution is -0.385. The van der Waals surface area contributed by atoms with Crippen molar-refractivity contribution in [3.63, 3.8) is 0 Å². The van der Waals surface area contributed by atoms with Crippen molar-refractivity contribution in [1.29, 1.82) is 0 Å². The zero-order chi connectivity index (χ0) is 15.3. The number of sulfonamides is 1. The fourth-order valence-corrected chi connectivity index (χ4v) is 3.23. The van der Waals surface area contributed by atoms with Gasteiger partial charge in [0.1, 0.15) is 10.7 Å². The molecule has 9 heteroatoms. The molecule has 1 N–H and O–H groups in total. The van der Waals surface area contributed by atoms with Gasteiger partial charge in [0, 0.05) is 19.2 Å². The summed E-state index contributed by atoms with van der Waals surface area (Å²) in [5.74, 6) is -1.18. The van der Waals surface area contributed by atoms with Crippen LogP contribution in [0.15, 0.2) is 23.1 Å². The highest BCUT2D eigenvalue weighted by Gasteiger charge is 2.27. The third-order valence-electron chi connectivity index (χ3n) is 2.57. The molecule has 0 saturated carbocycles. The molecule has 0 aliphatic heterocycles. The molecule has 0 unspecified atom stereocenters. The molecular weight excluding hydrogens is 291 g/mol. The Balaban J connectivity index is 3.23. The number of aliphatic hydroxyl groups excluding tert-OH is 1. The van der Waals surface area contributed by atoms with Gasteiger partial charge in [0.25, 0.3) is 5.69 Å². The highest BCUT2D eigenvalue weighted by molar-refractivity contribution is 7.89. The number of nitro benzene ring substituents is 1. The molecule has 0 aromatic heterocycles. The number of halogens is 1. The molecule has 0 bridgehead atoms. The van der Waals surface area contributed by atoms with Crippen LogP contribution < -0.4 is 0 Å². The summed E-state index contributed by atoms with van der Waals surface area (Å²) in [4.78, 5) is 9.06. The van der Waals surface area contributed by atoms with Crippen LogP contribution in [0.4, 0.5) is 10.1 Å². The summed E-state index contributed by atoms with van der Waals surface area (Å²) in [6.45, 7) is 1.31. The molecule has 0 radical (unpaired) electrons.